The van der Waals surface area contributed by atoms with Gasteiger partial charge in [-0.2, -0.15) is 0 Å². The molecule has 0 unspecified atom stereocenters. The van der Waals surface area contributed by atoms with E-state index in [4.69, 9.17) is 10.5 Å². The lowest BCUT2D eigenvalue weighted by Gasteiger charge is -2.31. The number of hydrogen-bond donors (Lipinski definition) is 2. The summed E-state index contributed by atoms with van der Waals surface area (Å²) in [4.78, 5) is 31.9. The number of urea groups is 1. The van der Waals surface area contributed by atoms with Crippen LogP contribution in [0.15, 0.2) is 17.8 Å². The predicted molar refractivity (Wildman–Crippen MR) is 98.4 cm³/mol. The van der Waals surface area contributed by atoms with E-state index >= 15 is 0 Å². The van der Waals surface area contributed by atoms with Crippen LogP contribution < -0.4 is 11.1 Å². The lowest BCUT2D eigenvalue weighted by Crippen LogP contribution is -2.42. The van der Waals surface area contributed by atoms with Gasteiger partial charge in [0.25, 0.3) is 0 Å². The molecule has 0 saturated carbocycles. The third-order valence-electron chi connectivity index (χ3n) is 4.64. The topological polar surface area (TPSA) is 101 Å². The summed E-state index contributed by atoms with van der Waals surface area (Å²) in [6, 6.07) is 1.81. The van der Waals surface area contributed by atoms with E-state index in [0.29, 0.717) is 24.5 Å². The first-order chi connectivity index (χ1) is 12.5. The summed E-state index contributed by atoms with van der Waals surface area (Å²) in [6.07, 6.45) is 4.24. The second kappa shape index (κ2) is 8.29. The monoisotopic (exact) mass is 359 g/mol. The van der Waals surface area contributed by atoms with Crippen molar-refractivity contribution in [3.63, 3.8) is 0 Å². The minimum absolute atomic E-state index is 0.122. The summed E-state index contributed by atoms with van der Waals surface area (Å²) < 4.78 is 5.35. The molecule has 3 N–H and O–H groups in total. The minimum atomic E-state index is -0.458. The lowest BCUT2D eigenvalue weighted by atomic mass is 10.1. The zero-order valence-electron chi connectivity index (χ0n) is 15.0. The third kappa shape index (κ3) is 4.59. The van der Waals surface area contributed by atoms with Gasteiger partial charge in [0.2, 0.25) is 5.91 Å². The Bertz CT molecular complexity index is 713. The van der Waals surface area contributed by atoms with Crippen LogP contribution in [0.5, 0.6) is 0 Å². The van der Waals surface area contributed by atoms with Crippen LogP contribution in [0.2, 0.25) is 0 Å². The van der Waals surface area contributed by atoms with Gasteiger partial charge in [0.1, 0.15) is 5.82 Å². The highest BCUT2D eigenvalue weighted by molar-refractivity contribution is 5.96. The quantitative estimate of drug-likeness (QED) is 0.739. The van der Waals surface area contributed by atoms with E-state index in [0.717, 1.165) is 50.4 Å². The highest BCUT2D eigenvalue weighted by atomic mass is 16.5. The normalized spacial score (nSPS) is 18.4. The fourth-order valence-corrected chi connectivity index (χ4v) is 3.11. The van der Waals surface area contributed by atoms with Crippen molar-refractivity contribution >= 4 is 23.8 Å². The average Bonchev–Trinajstić information content (AvgIpc) is 2.63. The maximum absolute atomic E-state index is 12.3. The summed E-state index contributed by atoms with van der Waals surface area (Å²) in [5.74, 6) is 0.120. The Balaban J connectivity index is 1.61. The number of hydrogen-bond acceptors (Lipinski definition) is 5. The van der Waals surface area contributed by atoms with Crippen LogP contribution >= 0.6 is 0 Å². The van der Waals surface area contributed by atoms with Gasteiger partial charge >= 0.3 is 6.03 Å². The summed E-state index contributed by atoms with van der Waals surface area (Å²) in [5.41, 5.74) is 7.47. The molecule has 0 aromatic carbocycles. The number of anilines is 1. The van der Waals surface area contributed by atoms with E-state index in [1.165, 1.54) is 0 Å². The van der Waals surface area contributed by atoms with Crippen molar-refractivity contribution in [1.82, 2.24) is 14.8 Å². The Hall–Kier alpha value is -2.45. The SMILES string of the molecule is CC(=Cc1cnc2c(c1)CN(CCCN1CCOCC1)C(=O)N2)C(N)=O. The Kier molecular flexibility index (Phi) is 5.85. The van der Waals surface area contributed by atoms with Crippen LogP contribution in [-0.4, -0.2) is 66.1 Å². The smallest absolute Gasteiger partial charge is 0.323 e. The van der Waals surface area contributed by atoms with Crippen LogP contribution in [0.3, 0.4) is 0 Å². The van der Waals surface area contributed by atoms with Crippen LogP contribution in [0.25, 0.3) is 6.08 Å². The molecule has 0 bridgehead atoms. The van der Waals surface area contributed by atoms with Gasteiger partial charge in [-0.15, -0.1) is 0 Å². The highest BCUT2D eigenvalue weighted by Crippen LogP contribution is 2.23. The summed E-state index contributed by atoms with van der Waals surface area (Å²) in [5, 5.41) is 2.83. The number of nitrogens with one attached hydrogen (secondary N) is 1. The number of rotatable bonds is 6. The van der Waals surface area contributed by atoms with Gasteiger partial charge in [-0.25, -0.2) is 9.78 Å². The number of pyridine rings is 1. The van der Waals surface area contributed by atoms with E-state index in [9.17, 15) is 9.59 Å². The highest BCUT2D eigenvalue weighted by Gasteiger charge is 2.23. The maximum Gasteiger partial charge on any atom is 0.323 e. The van der Waals surface area contributed by atoms with Crippen molar-refractivity contribution < 1.29 is 14.3 Å². The molecule has 3 amide bonds. The van der Waals surface area contributed by atoms with Gasteiger partial charge in [-0.3, -0.25) is 15.0 Å². The van der Waals surface area contributed by atoms with E-state index in [-0.39, 0.29) is 6.03 Å². The molecule has 3 heterocycles. The lowest BCUT2D eigenvalue weighted by molar-refractivity contribution is -0.114. The first kappa shape index (κ1) is 18.3. The van der Waals surface area contributed by atoms with Crippen LogP contribution in [-0.2, 0) is 16.1 Å². The van der Waals surface area contributed by atoms with Crippen molar-refractivity contribution in [2.45, 2.75) is 19.9 Å². The average molecular weight is 359 g/mol. The van der Waals surface area contributed by atoms with E-state index in [2.05, 4.69) is 15.2 Å². The predicted octanol–water partition coefficient (Wildman–Crippen LogP) is 1.04. The second-order valence-corrected chi connectivity index (χ2v) is 6.63. The number of amides is 3. The molecule has 0 aliphatic carbocycles. The van der Waals surface area contributed by atoms with Crippen LogP contribution in [0.4, 0.5) is 10.6 Å². The van der Waals surface area contributed by atoms with Crippen molar-refractivity contribution in [3.8, 4) is 0 Å². The number of aromatic nitrogens is 1. The molecule has 1 aromatic heterocycles. The van der Waals surface area contributed by atoms with Gasteiger partial charge in [0, 0.05) is 43.5 Å². The number of nitrogens with two attached hydrogens (primary N) is 1. The molecule has 1 saturated heterocycles. The number of primary amides is 1. The zero-order valence-corrected chi connectivity index (χ0v) is 15.0. The van der Waals surface area contributed by atoms with Crippen LogP contribution in [0.1, 0.15) is 24.5 Å². The fourth-order valence-electron chi connectivity index (χ4n) is 3.11. The molecule has 0 spiro atoms. The molecule has 8 heteroatoms. The van der Waals surface area contributed by atoms with Crippen molar-refractivity contribution in [2.75, 3.05) is 44.7 Å². The van der Waals surface area contributed by atoms with Crippen LogP contribution in [0, 0.1) is 0 Å². The number of carbonyl (C=O) groups excluding carboxylic acids is 2. The van der Waals surface area contributed by atoms with Gasteiger partial charge in [0.05, 0.1) is 19.8 Å². The second-order valence-electron chi connectivity index (χ2n) is 6.63. The number of nitrogens with zero attached hydrogens (tertiary/aromatic N) is 3. The van der Waals surface area contributed by atoms with Gasteiger partial charge in [-0.1, -0.05) is 0 Å². The maximum atomic E-state index is 12.3. The van der Waals surface area contributed by atoms with E-state index in [1.807, 2.05) is 6.07 Å². The fraction of sp³-hybridized carbons (Fsp3) is 0.500. The minimum Gasteiger partial charge on any atom is -0.379 e. The molecule has 8 nitrogen and oxygen atoms in total. The Labute approximate surface area is 153 Å². The zero-order chi connectivity index (χ0) is 18.5. The van der Waals surface area contributed by atoms with Gasteiger partial charge in [0.15, 0.2) is 0 Å². The third-order valence-corrected chi connectivity index (χ3v) is 4.64. The number of carbonyl (C=O) groups is 2. The molecule has 0 atom stereocenters. The molecule has 2 aliphatic rings. The summed E-state index contributed by atoms with van der Waals surface area (Å²) in [6.45, 7) is 7.29. The molecular weight excluding hydrogens is 334 g/mol. The number of ether oxygens (including phenoxy) is 1. The number of fused-ring (bicyclic) bond motifs is 1. The largest absolute Gasteiger partial charge is 0.379 e. The molecule has 1 fully saturated rings. The Morgan fingerprint density at radius 3 is 2.88 bits per heavy atom. The molecular formula is C18H25N5O3. The number of morpholine rings is 1. The van der Waals surface area contributed by atoms with Crippen molar-refractivity contribution in [1.29, 1.82) is 0 Å². The molecule has 2 aliphatic heterocycles. The molecule has 140 valence electrons. The molecule has 0 radical (unpaired) electrons. The standard InChI is InChI=1S/C18H25N5O3/c1-13(16(19)24)9-14-10-15-12-23(18(25)21-17(15)20-11-14)4-2-3-22-5-7-26-8-6-22/h9-11H,2-8,12H2,1H3,(H2,19,24)(H,20,21,25). The van der Waals surface area contributed by atoms with Crippen molar-refractivity contribution in [3.05, 3.63) is 29.0 Å². The Morgan fingerprint density at radius 2 is 2.15 bits per heavy atom. The molecule has 26 heavy (non-hydrogen) atoms. The van der Waals surface area contributed by atoms with Gasteiger partial charge < -0.3 is 15.4 Å². The summed E-state index contributed by atoms with van der Waals surface area (Å²) in [7, 11) is 0. The van der Waals surface area contributed by atoms with E-state index in [1.54, 1.807) is 24.1 Å². The molecule has 3 rings (SSSR count). The first-order valence-corrected chi connectivity index (χ1v) is 8.86. The Morgan fingerprint density at radius 1 is 1.38 bits per heavy atom. The van der Waals surface area contributed by atoms with E-state index < -0.39 is 5.91 Å². The molecule has 1 aromatic rings. The van der Waals surface area contributed by atoms with Crippen molar-refractivity contribution in [2.24, 2.45) is 5.73 Å². The summed E-state index contributed by atoms with van der Waals surface area (Å²) >= 11 is 0. The first-order valence-electron chi connectivity index (χ1n) is 8.86. The van der Waals surface area contributed by atoms with Gasteiger partial charge in [-0.05, 0) is 31.1 Å².